The molecule has 0 saturated carbocycles. The minimum Gasteiger partial charge on any atom is -0.508 e. The van der Waals surface area contributed by atoms with Gasteiger partial charge < -0.3 is 43.4 Å². The molecule has 222 valence electrons. The van der Waals surface area contributed by atoms with E-state index < -0.39 is 47.9 Å². The highest BCUT2D eigenvalue weighted by molar-refractivity contribution is 7.80. The number of benzene rings is 2. The first kappa shape index (κ1) is 32.9. The maximum atomic E-state index is 13.5. The van der Waals surface area contributed by atoms with Crippen molar-refractivity contribution in [3.63, 3.8) is 0 Å². The molecule has 0 heterocycles. The van der Waals surface area contributed by atoms with Crippen molar-refractivity contribution < 1.29 is 29.4 Å². The summed E-state index contributed by atoms with van der Waals surface area (Å²) in [5, 5.41) is 26.6. The summed E-state index contributed by atoms with van der Waals surface area (Å²) in [7, 11) is 0. The highest BCUT2D eigenvalue weighted by Crippen LogP contribution is 2.12. The lowest BCUT2D eigenvalue weighted by atomic mass is 10.0. The number of phenols is 1. The number of aliphatic carboxylic acids is 1. The first-order chi connectivity index (χ1) is 19.5. The summed E-state index contributed by atoms with van der Waals surface area (Å²) in [6, 6.07) is 10.6. The zero-order valence-electron chi connectivity index (χ0n) is 22.4. The van der Waals surface area contributed by atoms with Crippen molar-refractivity contribution in [3.05, 3.63) is 65.7 Å². The van der Waals surface area contributed by atoms with Gasteiger partial charge in [-0.3, -0.25) is 19.4 Å². The van der Waals surface area contributed by atoms with Crippen LogP contribution in [0.4, 0.5) is 0 Å². The van der Waals surface area contributed by atoms with Crippen LogP contribution in [0, 0.1) is 0 Å². The Morgan fingerprint density at radius 3 is 1.95 bits per heavy atom. The van der Waals surface area contributed by atoms with Gasteiger partial charge in [0, 0.05) is 18.7 Å². The van der Waals surface area contributed by atoms with Crippen molar-refractivity contribution in [2.75, 3.05) is 12.3 Å². The molecule has 0 aliphatic heterocycles. The number of hydrogen-bond donors (Lipinski definition) is 9. The molecule has 0 radical (unpaired) electrons. The predicted octanol–water partition coefficient (Wildman–Crippen LogP) is -0.973. The van der Waals surface area contributed by atoms with Crippen molar-refractivity contribution in [3.8, 4) is 5.75 Å². The second kappa shape index (κ2) is 16.7. The van der Waals surface area contributed by atoms with E-state index in [-0.39, 0.29) is 49.7 Å². The van der Waals surface area contributed by atoms with Crippen LogP contribution in [0.1, 0.15) is 24.0 Å². The second-order valence-corrected chi connectivity index (χ2v) is 9.69. The number of carbonyl (C=O) groups excluding carboxylic acids is 3. The Labute approximate surface area is 243 Å². The maximum Gasteiger partial charge on any atom is 0.327 e. The molecule has 0 aliphatic rings. The SMILES string of the molecule is NC(N)=NCCCC(NC(=O)C(Cc1ccc(O)cc1)NC(=O)C(N)Cc1ccccc1)C(=O)NC(CS)C(=O)O. The Bertz CT molecular complexity index is 1190. The average Bonchev–Trinajstić information content (AvgIpc) is 2.93. The van der Waals surface area contributed by atoms with E-state index in [1.165, 1.54) is 12.1 Å². The number of carbonyl (C=O) groups is 4. The van der Waals surface area contributed by atoms with Gasteiger partial charge in [-0.15, -0.1) is 0 Å². The molecule has 0 aromatic heterocycles. The topological polar surface area (TPSA) is 235 Å². The number of guanidine groups is 1. The maximum absolute atomic E-state index is 13.5. The van der Waals surface area contributed by atoms with Crippen molar-refractivity contribution in [2.45, 2.75) is 49.9 Å². The summed E-state index contributed by atoms with van der Waals surface area (Å²) in [6.45, 7) is 0.166. The molecule has 0 spiro atoms. The number of amides is 3. The van der Waals surface area contributed by atoms with E-state index in [9.17, 15) is 29.4 Å². The second-order valence-electron chi connectivity index (χ2n) is 9.32. The molecule has 4 unspecified atom stereocenters. The zero-order valence-corrected chi connectivity index (χ0v) is 23.3. The molecule has 14 heteroatoms. The molecule has 0 bridgehead atoms. The molecular weight excluding hydrogens is 550 g/mol. The van der Waals surface area contributed by atoms with Crippen LogP contribution in [0.15, 0.2) is 59.6 Å². The van der Waals surface area contributed by atoms with Gasteiger partial charge in [0.1, 0.15) is 23.9 Å². The number of aliphatic imine (C=N–C) groups is 1. The van der Waals surface area contributed by atoms with Gasteiger partial charge in [0.05, 0.1) is 6.04 Å². The molecule has 0 fully saturated rings. The van der Waals surface area contributed by atoms with Crippen LogP contribution in [0.5, 0.6) is 5.75 Å². The summed E-state index contributed by atoms with van der Waals surface area (Å²) in [5.74, 6) is -3.60. The lowest BCUT2D eigenvalue weighted by Crippen LogP contribution is -2.58. The van der Waals surface area contributed by atoms with E-state index in [0.717, 1.165) is 5.56 Å². The van der Waals surface area contributed by atoms with Gasteiger partial charge in [-0.25, -0.2) is 4.79 Å². The molecule has 13 nitrogen and oxygen atoms in total. The van der Waals surface area contributed by atoms with Crippen molar-refractivity contribution in [1.82, 2.24) is 16.0 Å². The summed E-state index contributed by atoms with van der Waals surface area (Å²) in [5.41, 5.74) is 18.3. The van der Waals surface area contributed by atoms with Crippen LogP contribution in [-0.4, -0.2) is 76.3 Å². The fourth-order valence-corrected chi connectivity index (χ4v) is 4.07. The van der Waals surface area contributed by atoms with E-state index in [4.69, 9.17) is 17.2 Å². The first-order valence-corrected chi connectivity index (χ1v) is 13.5. The number of nitrogens with zero attached hydrogens (tertiary/aromatic N) is 1. The Balaban J connectivity index is 2.24. The van der Waals surface area contributed by atoms with E-state index in [1.807, 2.05) is 30.3 Å². The third kappa shape index (κ3) is 11.8. The zero-order chi connectivity index (χ0) is 30.4. The molecule has 11 N–H and O–H groups in total. The lowest BCUT2D eigenvalue weighted by Gasteiger charge is -2.25. The molecule has 0 aliphatic carbocycles. The van der Waals surface area contributed by atoms with Crippen LogP contribution >= 0.6 is 12.6 Å². The largest absolute Gasteiger partial charge is 0.508 e. The Morgan fingerprint density at radius 2 is 1.37 bits per heavy atom. The number of rotatable bonds is 16. The van der Waals surface area contributed by atoms with E-state index >= 15 is 0 Å². The molecule has 2 aromatic carbocycles. The molecule has 4 atom stereocenters. The fourth-order valence-electron chi connectivity index (χ4n) is 3.82. The van der Waals surface area contributed by atoms with Gasteiger partial charge in [0.2, 0.25) is 17.7 Å². The van der Waals surface area contributed by atoms with Crippen molar-refractivity contribution >= 4 is 42.3 Å². The highest BCUT2D eigenvalue weighted by Gasteiger charge is 2.30. The number of carboxylic acid groups (broad SMARTS) is 1. The van der Waals surface area contributed by atoms with Crippen LogP contribution < -0.4 is 33.2 Å². The summed E-state index contributed by atoms with van der Waals surface area (Å²) in [4.78, 5) is 54.8. The normalized spacial score (nSPS) is 13.6. The van der Waals surface area contributed by atoms with Crippen LogP contribution in [0.25, 0.3) is 0 Å². The van der Waals surface area contributed by atoms with E-state index in [1.54, 1.807) is 12.1 Å². The van der Waals surface area contributed by atoms with Crippen LogP contribution in [0.3, 0.4) is 0 Å². The minimum atomic E-state index is -1.29. The van der Waals surface area contributed by atoms with Gasteiger partial charge in [-0.1, -0.05) is 42.5 Å². The molecule has 2 rings (SSSR count). The molecule has 3 amide bonds. The van der Waals surface area contributed by atoms with Crippen LogP contribution in [0.2, 0.25) is 0 Å². The number of thiol groups is 1. The third-order valence-corrected chi connectivity index (χ3v) is 6.38. The monoisotopic (exact) mass is 587 g/mol. The smallest absolute Gasteiger partial charge is 0.327 e. The Hall–Kier alpha value is -4.30. The molecule has 0 saturated heterocycles. The predicted molar refractivity (Wildman–Crippen MR) is 157 cm³/mol. The molecular formula is C27H37N7O6S. The van der Waals surface area contributed by atoms with Gasteiger partial charge in [0.15, 0.2) is 5.96 Å². The van der Waals surface area contributed by atoms with E-state index in [2.05, 4.69) is 33.6 Å². The van der Waals surface area contributed by atoms with Gasteiger partial charge in [-0.2, -0.15) is 12.6 Å². The lowest BCUT2D eigenvalue weighted by molar-refractivity contribution is -0.141. The summed E-state index contributed by atoms with van der Waals surface area (Å²) >= 11 is 3.96. The summed E-state index contributed by atoms with van der Waals surface area (Å²) in [6.07, 6.45) is 0.607. The quantitative estimate of drug-likeness (QED) is 0.0507. The summed E-state index contributed by atoms with van der Waals surface area (Å²) < 4.78 is 0. The number of phenolic OH excluding ortho intramolecular Hbond substituents is 1. The van der Waals surface area contributed by atoms with E-state index in [0.29, 0.717) is 5.56 Å². The van der Waals surface area contributed by atoms with Crippen molar-refractivity contribution in [1.29, 1.82) is 0 Å². The Kier molecular flexibility index (Phi) is 13.4. The number of hydrogen-bond acceptors (Lipinski definition) is 8. The van der Waals surface area contributed by atoms with Gasteiger partial charge >= 0.3 is 5.97 Å². The highest BCUT2D eigenvalue weighted by atomic mass is 32.1. The van der Waals surface area contributed by atoms with Gasteiger partial charge in [0.25, 0.3) is 0 Å². The average molecular weight is 588 g/mol. The first-order valence-electron chi connectivity index (χ1n) is 12.9. The van der Waals surface area contributed by atoms with Crippen molar-refractivity contribution in [2.24, 2.45) is 22.2 Å². The van der Waals surface area contributed by atoms with Gasteiger partial charge in [-0.05, 0) is 42.5 Å². The number of nitrogens with two attached hydrogens (primary N) is 3. The number of aromatic hydroxyl groups is 1. The minimum absolute atomic E-state index is 0.0205. The number of nitrogens with one attached hydrogen (secondary N) is 3. The molecule has 41 heavy (non-hydrogen) atoms. The molecule has 2 aromatic rings. The standard InChI is InChI=1S/C27H37N7O6S/c28-19(13-16-5-2-1-3-6-16)23(36)33-21(14-17-8-10-18(35)11-9-17)25(38)32-20(7-4-12-31-27(29)30)24(37)34-22(15-41)26(39)40/h1-3,5-6,8-11,19-22,35,41H,4,7,12-15,28H2,(H,32,38)(H,33,36)(H,34,37)(H,39,40)(H4,29,30,31). The fraction of sp³-hybridized carbons (Fsp3) is 0.370. The number of carboxylic acids is 1. The third-order valence-electron chi connectivity index (χ3n) is 6.02. The Morgan fingerprint density at radius 1 is 0.805 bits per heavy atom. The van der Waals surface area contributed by atoms with Crippen LogP contribution in [-0.2, 0) is 32.0 Å².